The van der Waals surface area contributed by atoms with E-state index in [2.05, 4.69) is 11.8 Å². The number of nitrogen functional groups attached to an aromatic ring is 1. The van der Waals surface area contributed by atoms with Gasteiger partial charge in [0.15, 0.2) is 5.78 Å². The van der Waals surface area contributed by atoms with E-state index in [-0.39, 0.29) is 5.78 Å². The maximum Gasteiger partial charge on any atom is 0.162 e. The lowest BCUT2D eigenvalue weighted by Gasteiger charge is -2.33. The highest BCUT2D eigenvalue weighted by atomic mass is 16.5. The van der Waals surface area contributed by atoms with Gasteiger partial charge < -0.3 is 10.5 Å². The molecule has 1 aromatic carbocycles. The van der Waals surface area contributed by atoms with Crippen molar-refractivity contribution in [3.8, 4) is 0 Å². The lowest BCUT2D eigenvalue weighted by atomic mass is 10.1. The number of hydrogen-bond acceptors (Lipinski definition) is 4. The minimum atomic E-state index is 0.195. The van der Waals surface area contributed by atoms with E-state index in [0.29, 0.717) is 18.2 Å². The van der Waals surface area contributed by atoms with Gasteiger partial charge in [0.05, 0.1) is 13.2 Å². The summed E-state index contributed by atoms with van der Waals surface area (Å²) < 4.78 is 5.40. The van der Waals surface area contributed by atoms with E-state index < -0.39 is 0 Å². The van der Waals surface area contributed by atoms with Crippen molar-refractivity contribution in [2.75, 3.05) is 32.0 Å². The summed E-state index contributed by atoms with van der Waals surface area (Å²) in [5, 5.41) is 0. The molecule has 104 valence electrons. The van der Waals surface area contributed by atoms with Gasteiger partial charge in [-0.3, -0.25) is 9.69 Å². The second-order valence-electron chi connectivity index (χ2n) is 5.11. The molecule has 0 aliphatic carbocycles. The Morgan fingerprint density at radius 2 is 2.16 bits per heavy atom. The van der Waals surface area contributed by atoms with Crippen LogP contribution in [0.3, 0.4) is 0 Å². The third-order valence-electron chi connectivity index (χ3n) is 3.59. The second-order valence-corrected chi connectivity index (χ2v) is 5.11. The number of rotatable bonds is 5. The molecule has 1 aromatic rings. The first kappa shape index (κ1) is 14.0. The quantitative estimate of drug-likeness (QED) is 0.651. The van der Waals surface area contributed by atoms with Crippen LogP contribution in [-0.2, 0) is 4.74 Å². The molecule has 0 bridgehead atoms. The van der Waals surface area contributed by atoms with Crippen LogP contribution in [-0.4, -0.2) is 43.0 Å². The van der Waals surface area contributed by atoms with E-state index in [0.717, 1.165) is 38.3 Å². The lowest BCUT2D eigenvalue weighted by molar-refractivity contribution is -0.000722. The van der Waals surface area contributed by atoms with E-state index in [1.165, 1.54) is 0 Å². The first-order valence-electron chi connectivity index (χ1n) is 6.87. The Balaban J connectivity index is 1.76. The van der Waals surface area contributed by atoms with E-state index in [1.54, 1.807) is 24.3 Å². The predicted octanol–water partition coefficient (Wildman–Crippen LogP) is 1.95. The molecule has 1 fully saturated rings. The van der Waals surface area contributed by atoms with E-state index in [1.807, 2.05) is 0 Å². The van der Waals surface area contributed by atoms with Gasteiger partial charge in [0, 0.05) is 30.3 Å². The summed E-state index contributed by atoms with van der Waals surface area (Å²) in [6, 6.07) is 7.61. The van der Waals surface area contributed by atoms with Crippen LogP contribution in [0.5, 0.6) is 0 Å². The van der Waals surface area contributed by atoms with Crippen LogP contribution < -0.4 is 5.73 Å². The fourth-order valence-electron chi connectivity index (χ4n) is 2.35. The van der Waals surface area contributed by atoms with Crippen molar-refractivity contribution in [3.05, 3.63) is 29.8 Å². The molecule has 1 atom stereocenters. The maximum atomic E-state index is 12.0. The fraction of sp³-hybridized carbons (Fsp3) is 0.533. The van der Waals surface area contributed by atoms with Crippen molar-refractivity contribution >= 4 is 11.5 Å². The van der Waals surface area contributed by atoms with Crippen LogP contribution in [0.2, 0.25) is 0 Å². The Labute approximate surface area is 114 Å². The molecule has 1 saturated heterocycles. The predicted molar refractivity (Wildman–Crippen MR) is 76.3 cm³/mol. The number of morpholine rings is 1. The lowest BCUT2D eigenvalue weighted by Crippen LogP contribution is -2.44. The molecule has 0 aromatic heterocycles. The number of nitrogens with zero attached hydrogens (tertiary/aromatic N) is 1. The first-order valence-corrected chi connectivity index (χ1v) is 6.87. The maximum absolute atomic E-state index is 12.0. The molecule has 0 saturated carbocycles. The Bertz CT molecular complexity index is 417. The Morgan fingerprint density at radius 3 is 2.84 bits per heavy atom. The number of nitrogens with two attached hydrogens (primary N) is 1. The number of carbonyl (C=O) groups excluding carboxylic acids is 1. The fourth-order valence-corrected chi connectivity index (χ4v) is 2.35. The molecule has 0 radical (unpaired) electrons. The van der Waals surface area contributed by atoms with Gasteiger partial charge in [-0.25, -0.2) is 0 Å². The molecular formula is C15H22N2O2. The van der Waals surface area contributed by atoms with Gasteiger partial charge in [0.1, 0.15) is 0 Å². The van der Waals surface area contributed by atoms with Crippen LogP contribution in [0.15, 0.2) is 24.3 Å². The number of benzene rings is 1. The number of ketones is 1. The molecule has 1 aliphatic heterocycles. The Kier molecular flexibility index (Phi) is 4.93. The molecule has 0 amide bonds. The van der Waals surface area contributed by atoms with Crippen LogP contribution in [0.1, 0.15) is 30.1 Å². The highest BCUT2D eigenvalue weighted by Crippen LogP contribution is 2.11. The topological polar surface area (TPSA) is 55.6 Å². The van der Waals surface area contributed by atoms with Crippen LogP contribution >= 0.6 is 0 Å². The standard InChI is InChI=1S/C15H22N2O2/c1-12-11-19-10-9-17(12)8-2-3-15(18)13-4-6-14(16)7-5-13/h4-7,12H,2-3,8-11,16H2,1H3. The number of hydrogen-bond donors (Lipinski definition) is 1. The van der Waals surface area contributed by atoms with E-state index in [9.17, 15) is 4.79 Å². The van der Waals surface area contributed by atoms with E-state index >= 15 is 0 Å². The summed E-state index contributed by atoms with van der Waals surface area (Å²) in [6.45, 7) is 5.70. The Hall–Kier alpha value is -1.39. The van der Waals surface area contributed by atoms with Gasteiger partial charge in [-0.2, -0.15) is 0 Å². The highest BCUT2D eigenvalue weighted by molar-refractivity contribution is 5.96. The number of Topliss-reactive ketones (excluding diaryl/α,β-unsaturated/α-hetero) is 1. The summed E-state index contributed by atoms with van der Waals surface area (Å²) in [5.41, 5.74) is 7.06. The summed E-state index contributed by atoms with van der Waals surface area (Å²) in [5.74, 6) is 0.195. The van der Waals surface area contributed by atoms with Crippen LogP contribution in [0, 0.1) is 0 Å². The monoisotopic (exact) mass is 262 g/mol. The summed E-state index contributed by atoms with van der Waals surface area (Å²) in [7, 11) is 0. The van der Waals surface area contributed by atoms with Gasteiger partial charge in [0.25, 0.3) is 0 Å². The zero-order valence-electron chi connectivity index (χ0n) is 11.5. The molecule has 4 nitrogen and oxygen atoms in total. The first-order chi connectivity index (χ1) is 9.16. The van der Waals surface area contributed by atoms with Gasteiger partial charge in [-0.05, 0) is 44.2 Å². The molecule has 2 N–H and O–H groups in total. The van der Waals surface area contributed by atoms with Crippen molar-refractivity contribution in [2.45, 2.75) is 25.8 Å². The van der Waals surface area contributed by atoms with Crippen molar-refractivity contribution in [1.29, 1.82) is 0 Å². The van der Waals surface area contributed by atoms with Crippen LogP contribution in [0.4, 0.5) is 5.69 Å². The normalized spacial score (nSPS) is 20.4. The van der Waals surface area contributed by atoms with Crippen LogP contribution in [0.25, 0.3) is 0 Å². The molecule has 19 heavy (non-hydrogen) atoms. The molecule has 1 heterocycles. The largest absolute Gasteiger partial charge is 0.399 e. The zero-order valence-corrected chi connectivity index (χ0v) is 11.5. The summed E-state index contributed by atoms with van der Waals surface area (Å²) >= 11 is 0. The van der Waals surface area contributed by atoms with Gasteiger partial charge >= 0.3 is 0 Å². The summed E-state index contributed by atoms with van der Waals surface area (Å²) in [4.78, 5) is 14.4. The third kappa shape index (κ3) is 4.04. The Morgan fingerprint density at radius 1 is 1.42 bits per heavy atom. The average Bonchev–Trinajstić information content (AvgIpc) is 2.41. The SMILES string of the molecule is CC1COCCN1CCCC(=O)c1ccc(N)cc1. The third-order valence-corrected chi connectivity index (χ3v) is 3.59. The highest BCUT2D eigenvalue weighted by Gasteiger charge is 2.18. The number of carbonyl (C=O) groups is 1. The minimum absolute atomic E-state index is 0.195. The zero-order chi connectivity index (χ0) is 13.7. The molecule has 4 heteroatoms. The van der Waals surface area contributed by atoms with Gasteiger partial charge in [0.2, 0.25) is 0 Å². The number of ether oxygens (including phenoxy) is 1. The molecule has 1 unspecified atom stereocenters. The smallest absolute Gasteiger partial charge is 0.162 e. The van der Waals surface area contributed by atoms with Crippen molar-refractivity contribution in [2.24, 2.45) is 0 Å². The molecular weight excluding hydrogens is 240 g/mol. The number of anilines is 1. The average molecular weight is 262 g/mol. The molecule has 1 aliphatic rings. The molecule has 0 spiro atoms. The van der Waals surface area contributed by atoms with Gasteiger partial charge in [-0.1, -0.05) is 0 Å². The molecule has 2 rings (SSSR count). The second kappa shape index (κ2) is 6.68. The van der Waals surface area contributed by atoms with Crippen molar-refractivity contribution in [1.82, 2.24) is 4.90 Å². The summed E-state index contributed by atoms with van der Waals surface area (Å²) in [6.07, 6.45) is 1.49. The van der Waals surface area contributed by atoms with Gasteiger partial charge in [-0.15, -0.1) is 0 Å². The van der Waals surface area contributed by atoms with Crippen molar-refractivity contribution < 1.29 is 9.53 Å². The minimum Gasteiger partial charge on any atom is -0.399 e. The van der Waals surface area contributed by atoms with E-state index in [4.69, 9.17) is 10.5 Å². The van der Waals surface area contributed by atoms with Crippen molar-refractivity contribution in [3.63, 3.8) is 0 Å².